The summed E-state index contributed by atoms with van der Waals surface area (Å²) >= 11 is 3.52. The molecule has 1 unspecified atom stereocenters. The molecule has 118 valence electrons. The van der Waals surface area contributed by atoms with Crippen LogP contribution in [-0.2, 0) is 0 Å². The van der Waals surface area contributed by atoms with Gasteiger partial charge in [-0.2, -0.15) is 5.10 Å². The van der Waals surface area contributed by atoms with Gasteiger partial charge in [-0.1, -0.05) is 0 Å². The van der Waals surface area contributed by atoms with Gasteiger partial charge in [-0.05, 0) is 61.0 Å². The maximum atomic E-state index is 12.4. The van der Waals surface area contributed by atoms with Crippen molar-refractivity contribution < 1.29 is 4.79 Å². The maximum absolute atomic E-state index is 12.4. The van der Waals surface area contributed by atoms with Crippen molar-refractivity contribution in [1.29, 1.82) is 0 Å². The third-order valence-electron chi connectivity index (χ3n) is 3.88. The zero-order chi connectivity index (χ0) is 16.4. The highest BCUT2D eigenvalue weighted by atomic mass is 79.9. The average Bonchev–Trinajstić information content (AvgIpc) is 2.80. The fourth-order valence-electron chi connectivity index (χ4n) is 2.18. The van der Waals surface area contributed by atoms with E-state index in [1.54, 1.807) is 11.9 Å². The van der Waals surface area contributed by atoms with Gasteiger partial charge in [0.1, 0.15) is 0 Å². The summed E-state index contributed by atoms with van der Waals surface area (Å²) in [6.45, 7) is 6.33. The van der Waals surface area contributed by atoms with Gasteiger partial charge in [-0.15, -0.1) is 0 Å². The fraction of sp³-hybridized carbons (Fsp3) is 0.375. The molecule has 22 heavy (non-hydrogen) atoms. The first-order valence-electron chi connectivity index (χ1n) is 7.16. The number of rotatable bonds is 4. The summed E-state index contributed by atoms with van der Waals surface area (Å²) in [5.41, 5.74) is 9.16. The van der Waals surface area contributed by atoms with E-state index in [-0.39, 0.29) is 11.9 Å². The second-order valence-electron chi connectivity index (χ2n) is 5.44. The molecule has 2 N–H and O–H groups in total. The minimum atomic E-state index is -0.0287. The molecule has 1 aromatic heterocycles. The predicted octanol–water partition coefficient (Wildman–Crippen LogP) is 2.67. The van der Waals surface area contributed by atoms with Gasteiger partial charge in [-0.3, -0.25) is 4.79 Å². The summed E-state index contributed by atoms with van der Waals surface area (Å²) in [6.07, 6.45) is 0. The van der Waals surface area contributed by atoms with Gasteiger partial charge in [0.25, 0.3) is 5.91 Å². The fourth-order valence-corrected chi connectivity index (χ4v) is 2.43. The van der Waals surface area contributed by atoms with Crippen molar-refractivity contribution in [3.05, 3.63) is 45.7 Å². The van der Waals surface area contributed by atoms with Crippen LogP contribution >= 0.6 is 15.9 Å². The first-order valence-corrected chi connectivity index (χ1v) is 7.95. The van der Waals surface area contributed by atoms with Crippen molar-refractivity contribution in [1.82, 2.24) is 14.7 Å². The normalized spacial score (nSPS) is 12.3. The number of aryl methyl sites for hydroxylation is 1. The van der Waals surface area contributed by atoms with Crippen LogP contribution in [0.15, 0.2) is 28.7 Å². The summed E-state index contributed by atoms with van der Waals surface area (Å²) < 4.78 is 2.86. The molecule has 1 amide bonds. The van der Waals surface area contributed by atoms with Gasteiger partial charge in [0.05, 0.1) is 21.5 Å². The zero-order valence-electron chi connectivity index (χ0n) is 13.3. The number of nitrogens with zero attached hydrogens (tertiary/aromatic N) is 3. The molecule has 1 heterocycles. The van der Waals surface area contributed by atoms with Crippen LogP contribution in [0, 0.1) is 13.8 Å². The van der Waals surface area contributed by atoms with Gasteiger partial charge >= 0.3 is 0 Å². The summed E-state index contributed by atoms with van der Waals surface area (Å²) in [6, 6.07) is 7.46. The van der Waals surface area contributed by atoms with E-state index in [9.17, 15) is 4.79 Å². The van der Waals surface area contributed by atoms with Crippen molar-refractivity contribution in [3.63, 3.8) is 0 Å². The molecule has 6 heteroatoms. The Morgan fingerprint density at radius 2 is 1.95 bits per heavy atom. The molecule has 0 bridgehead atoms. The standard InChI is InChI=1S/C16H21BrN4O/c1-10(9-18)20(4)16(22)13-5-7-14(8-6-13)21-12(3)15(17)11(2)19-21/h5-8,10H,9,18H2,1-4H3. The second-order valence-corrected chi connectivity index (χ2v) is 6.24. The highest BCUT2D eigenvalue weighted by molar-refractivity contribution is 9.10. The monoisotopic (exact) mass is 364 g/mol. The molecule has 5 nitrogen and oxygen atoms in total. The maximum Gasteiger partial charge on any atom is 0.253 e. The molecular weight excluding hydrogens is 344 g/mol. The Morgan fingerprint density at radius 3 is 2.41 bits per heavy atom. The molecule has 0 saturated carbocycles. The molecule has 0 aliphatic heterocycles. The van der Waals surface area contributed by atoms with E-state index in [0.717, 1.165) is 21.5 Å². The number of nitrogens with two attached hydrogens (primary N) is 1. The number of carbonyl (C=O) groups is 1. The van der Waals surface area contributed by atoms with Crippen LogP contribution in [0.3, 0.4) is 0 Å². The number of likely N-dealkylation sites (N-methyl/N-ethyl adjacent to an activating group) is 1. The summed E-state index contributed by atoms with van der Waals surface area (Å²) in [5, 5.41) is 4.49. The quantitative estimate of drug-likeness (QED) is 0.906. The number of halogens is 1. The third kappa shape index (κ3) is 3.08. The molecule has 0 aliphatic carbocycles. The van der Waals surface area contributed by atoms with Crippen molar-refractivity contribution in [3.8, 4) is 5.69 Å². The van der Waals surface area contributed by atoms with E-state index < -0.39 is 0 Å². The second kappa shape index (κ2) is 6.62. The highest BCUT2D eigenvalue weighted by Gasteiger charge is 2.17. The Balaban J connectivity index is 2.27. The van der Waals surface area contributed by atoms with Crippen LogP contribution in [0.4, 0.5) is 0 Å². The van der Waals surface area contributed by atoms with Crippen LogP contribution in [-0.4, -0.2) is 40.2 Å². The van der Waals surface area contributed by atoms with Crippen LogP contribution in [0.1, 0.15) is 28.7 Å². The summed E-state index contributed by atoms with van der Waals surface area (Å²) in [4.78, 5) is 14.0. The predicted molar refractivity (Wildman–Crippen MR) is 91.3 cm³/mol. The molecule has 2 aromatic rings. The Hall–Kier alpha value is -1.66. The molecule has 0 fully saturated rings. The Kier molecular flexibility index (Phi) is 5.03. The van der Waals surface area contributed by atoms with Gasteiger partial charge in [-0.25, -0.2) is 4.68 Å². The van der Waals surface area contributed by atoms with Crippen LogP contribution in [0.5, 0.6) is 0 Å². The molecule has 1 atom stereocenters. The number of benzene rings is 1. The lowest BCUT2D eigenvalue weighted by molar-refractivity contribution is 0.0748. The van der Waals surface area contributed by atoms with E-state index >= 15 is 0 Å². The largest absolute Gasteiger partial charge is 0.338 e. The van der Waals surface area contributed by atoms with Crippen LogP contribution in [0.25, 0.3) is 5.69 Å². The molecule has 1 aromatic carbocycles. The third-order valence-corrected chi connectivity index (χ3v) is 5.03. The lowest BCUT2D eigenvalue weighted by Gasteiger charge is -2.23. The molecule has 2 rings (SSSR count). The summed E-state index contributed by atoms with van der Waals surface area (Å²) in [5.74, 6) is -0.0287. The van der Waals surface area contributed by atoms with Crippen molar-refractivity contribution in [2.75, 3.05) is 13.6 Å². The number of carbonyl (C=O) groups excluding carboxylic acids is 1. The number of aromatic nitrogens is 2. The first-order chi connectivity index (χ1) is 10.4. The van der Waals surface area contributed by atoms with Gasteiger partial charge < -0.3 is 10.6 Å². The van der Waals surface area contributed by atoms with Gasteiger partial charge in [0, 0.05) is 25.2 Å². The molecular formula is C16H21BrN4O. The first kappa shape index (κ1) is 16.7. The molecule has 0 radical (unpaired) electrons. The average molecular weight is 365 g/mol. The van der Waals surface area contributed by atoms with E-state index in [1.165, 1.54) is 0 Å². The lowest BCUT2D eigenvalue weighted by Crippen LogP contribution is -2.39. The number of hydrogen-bond donors (Lipinski definition) is 1. The van der Waals surface area contributed by atoms with E-state index in [0.29, 0.717) is 12.1 Å². The molecule has 0 saturated heterocycles. The summed E-state index contributed by atoms with van der Waals surface area (Å²) in [7, 11) is 1.77. The van der Waals surface area contributed by atoms with Crippen molar-refractivity contribution in [2.24, 2.45) is 5.73 Å². The van der Waals surface area contributed by atoms with E-state index in [2.05, 4.69) is 21.0 Å². The Labute approximate surface area is 139 Å². The minimum Gasteiger partial charge on any atom is -0.338 e. The van der Waals surface area contributed by atoms with Gasteiger partial charge in [0.15, 0.2) is 0 Å². The number of hydrogen-bond acceptors (Lipinski definition) is 3. The number of amides is 1. The van der Waals surface area contributed by atoms with Gasteiger partial charge in [0.2, 0.25) is 0 Å². The van der Waals surface area contributed by atoms with Crippen molar-refractivity contribution in [2.45, 2.75) is 26.8 Å². The highest BCUT2D eigenvalue weighted by Crippen LogP contribution is 2.23. The van der Waals surface area contributed by atoms with Crippen molar-refractivity contribution >= 4 is 21.8 Å². The zero-order valence-corrected chi connectivity index (χ0v) is 14.9. The smallest absolute Gasteiger partial charge is 0.253 e. The molecule has 0 spiro atoms. The lowest BCUT2D eigenvalue weighted by atomic mass is 10.1. The van der Waals surface area contributed by atoms with E-state index in [4.69, 9.17) is 5.73 Å². The minimum absolute atomic E-state index is 0.0131. The van der Waals surface area contributed by atoms with Crippen LogP contribution in [0.2, 0.25) is 0 Å². The topological polar surface area (TPSA) is 64.2 Å². The Morgan fingerprint density at radius 1 is 1.36 bits per heavy atom. The molecule has 0 aliphatic rings. The Bertz CT molecular complexity index is 678. The SMILES string of the molecule is Cc1nn(-c2ccc(C(=O)N(C)C(C)CN)cc2)c(C)c1Br. The van der Waals surface area contributed by atoms with Crippen LogP contribution < -0.4 is 5.73 Å². The van der Waals surface area contributed by atoms with E-state index in [1.807, 2.05) is 49.7 Å².